The highest BCUT2D eigenvalue weighted by Gasteiger charge is 2.34. The number of ether oxygens (including phenoxy) is 1. The number of phenolic OH excluding ortho intramolecular Hbond substituents is 1. The molecule has 1 amide bonds. The summed E-state index contributed by atoms with van der Waals surface area (Å²) in [6.45, 7) is 6.33. The molecule has 4 aromatic rings. The van der Waals surface area contributed by atoms with Gasteiger partial charge in [-0.2, -0.15) is 0 Å². The van der Waals surface area contributed by atoms with E-state index in [2.05, 4.69) is 11.9 Å². The first-order valence-corrected chi connectivity index (χ1v) is 14.2. The number of aromatic carboxylic acids is 1. The van der Waals surface area contributed by atoms with E-state index in [1.165, 1.54) is 11.3 Å². The Balaban J connectivity index is 1.37. The van der Waals surface area contributed by atoms with Crippen LogP contribution in [0.15, 0.2) is 42.5 Å². The third-order valence-electron chi connectivity index (χ3n) is 7.90. The van der Waals surface area contributed by atoms with Crippen LogP contribution < -0.4 is 9.64 Å². The molecule has 1 aliphatic carbocycles. The maximum Gasteiger partial charge on any atom is 0.348 e. The molecule has 0 saturated heterocycles. The number of carbonyl (C=O) groups excluding carboxylic acids is 1. The Morgan fingerprint density at radius 1 is 1.13 bits per heavy atom. The van der Waals surface area contributed by atoms with Gasteiger partial charge in [0.05, 0.1) is 16.8 Å². The van der Waals surface area contributed by atoms with Crippen LogP contribution in [0, 0.1) is 11.8 Å². The molecule has 2 aromatic carbocycles. The second-order valence-electron chi connectivity index (χ2n) is 10.9. The van der Waals surface area contributed by atoms with E-state index in [9.17, 15) is 19.8 Å². The molecular weight excluding hydrogens is 514 g/mol. The number of hydrogen-bond donors (Lipinski definition) is 2. The fraction of sp³-hybridized carbons (Fsp3) is 0.367. The van der Waals surface area contributed by atoms with Crippen LogP contribution in [0.5, 0.6) is 11.5 Å². The van der Waals surface area contributed by atoms with Crippen molar-refractivity contribution in [2.24, 2.45) is 11.8 Å². The Hall–Kier alpha value is -3.85. The van der Waals surface area contributed by atoms with E-state index >= 15 is 0 Å². The number of hydrogen-bond acceptors (Lipinski definition) is 6. The topological polar surface area (TPSA) is 105 Å². The van der Waals surface area contributed by atoms with Gasteiger partial charge in [0.25, 0.3) is 0 Å². The monoisotopic (exact) mass is 545 g/mol. The number of carboxylic acids is 1. The van der Waals surface area contributed by atoms with E-state index in [-0.39, 0.29) is 35.2 Å². The van der Waals surface area contributed by atoms with Gasteiger partial charge in [-0.1, -0.05) is 19.1 Å². The van der Waals surface area contributed by atoms with Gasteiger partial charge in [-0.25, -0.2) is 9.78 Å². The average molecular weight is 546 g/mol. The number of fused-ring (bicyclic) bond motifs is 5. The molecular formula is C30H31N3O5S. The molecule has 8 nitrogen and oxygen atoms in total. The molecule has 2 N–H and O–H groups in total. The largest absolute Gasteiger partial charge is 0.506 e. The minimum absolute atomic E-state index is 0.0136. The van der Waals surface area contributed by atoms with Crippen molar-refractivity contribution in [3.63, 3.8) is 0 Å². The summed E-state index contributed by atoms with van der Waals surface area (Å²) in [4.78, 5) is 33.3. The number of imidazole rings is 1. The van der Waals surface area contributed by atoms with Crippen LogP contribution >= 0.6 is 11.3 Å². The number of amides is 1. The number of anilines is 1. The molecule has 0 atom stereocenters. The first kappa shape index (κ1) is 25.4. The number of benzene rings is 2. The predicted molar refractivity (Wildman–Crippen MR) is 151 cm³/mol. The Morgan fingerprint density at radius 2 is 1.90 bits per heavy atom. The highest BCUT2D eigenvalue weighted by Crippen LogP contribution is 2.44. The van der Waals surface area contributed by atoms with Gasteiger partial charge in [0, 0.05) is 16.8 Å². The molecule has 9 heteroatoms. The van der Waals surface area contributed by atoms with Gasteiger partial charge < -0.3 is 19.8 Å². The lowest BCUT2D eigenvalue weighted by molar-refractivity contribution is -0.123. The van der Waals surface area contributed by atoms with Crippen LogP contribution in [-0.2, 0) is 11.5 Å². The average Bonchev–Trinajstić information content (AvgIpc) is 3.52. The Kier molecular flexibility index (Phi) is 6.33. The minimum Gasteiger partial charge on any atom is -0.506 e. The van der Waals surface area contributed by atoms with Crippen LogP contribution in [-0.4, -0.2) is 37.7 Å². The van der Waals surface area contributed by atoms with Gasteiger partial charge in [0.1, 0.15) is 27.7 Å². The summed E-state index contributed by atoms with van der Waals surface area (Å²) in [5, 5.41) is 20.4. The normalized spacial score (nSPS) is 18.5. The Morgan fingerprint density at radius 3 is 2.62 bits per heavy atom. The molecule has 202 valence electrons. The van der Waals surface area contributed by atoms with E-state index in [1.807, 2.05) is 48.7 Å². The van der Waals surface area contributed by atoms with Crippen molar-refractivity contribution in [3.05, 3.63) is 47.3 Å². The number of carbonyl (C=O) groups is 2. The molecule has 2 aliphatic rings. The molecule has 3 heterocycles. The molecule has 6 rings (SSSR count). The van der Waals surface area contributed by atoms with Crippen molar-refractivity contribution < 1.29 is 24.5 Å². The summed E-state index contributed by atoms with van der Waals surface area (Å²) < 4.78 is 8.00. The number of para-hydroxylation sites is 1. The van der Waals surface area contributed by atoms with Crippen molar-refractivity contribution in [2.75, 3.05) is 4.90 Å². The summed E-state index contributed by atoms with van der Waals surface area (Å²) in [7, 11) is 0. The minimum atomic E-state index is -1.04. The van der Waals surface area contributed by atoms with Gasteiger partial charge in [-0.15, -0.1) is 11.3 Å². The highest BCUT2D eigenvalue weighted by molar-refractivity contribution is 7.18. The van der Waals surface area contributed by atoms with Gasteiger partial charge >= 0.3 is 5.97 Å². The summed E-state index contributed by atoms with van der Waals surface area (Å²) >= 11 is 1.17. The maximum atomic E-state index is 13.7. The van der Waals surface area contributed by atoms with E-state index in [0.29, 0.717) is 28.7 Å². The smallest absolute Gasteiger partial charge is 0.348 e. The molecule has 39 heavy (non-hydrogen) atoms. The summed E-state index contributed by atoms with van der Waals surface area (Å²) in [5.74, 6) is 0.971. The summed E-state index contributed by atoms with van der Waals surface area (Å²) in [5.41, 5.74) is 3.37. The van der Waals surface area contributed by atoms with E-state index in [4.69, 9.17) is 4.74 Å². The van der Waals surface area contributed by atoms with Crippen LogP contribution in [0.1, 0.15) is 56.1 Å². The maximum absolute atomic E-state index is 13.7. The zero-order chi connectivity index (χ0) is 27.4. The Labute approximate surface area is 230 Å². The third-order valence-corrected chi connectivity index (χ3v) is 9.06. The van der Waals surface area contributed by atoms with Crippen LogP contribution in [0.2, 0.25) is 0 Å². The standard InChI is InChI=1S/C30H31N3O5S/c1-16(2)33(29(35)18-9-7-17(3)8-10-18)22-14-25(39-27(22)30(36)37)19-11-12-20-24(13-19)38-15-32-21-5-4-6-23(34)26(21)31-28(20)32/h4-6,11-14,16-18,34H,7-10,15H2,1-3H3,(H,36,37). The SMILES string of the molecule is CC1CCC(C(=O)N(c2cc(-c3ccc4c(c3)OCn3c-4nc4c(O)cccc43)sc2C(=O)O)C(C)C)CC1. The van der Waals surface area contributed by atoms with Crippen molar-refractivity contribution in [1.29, 1.82) is 0 Å². The molecule has 0 unspecified atom stereocenters. The van der Waals surface area contributed by atoms with Gasteiger partial charge in [-0.3, -0.25) is 9.36 Å². The first-order chi connectivity index (χ1) is 18.7. The number of aromatic nitrogens is 2. The van der Waals surface area contributed by atoms with Crippen LogP contribution in [0.4, 0.5) is 5.69 Å². The fourth-order valence-corrected chi connectivity index (χ4v) is 6.78. The zero-order valence-corrected chi connectivity index (χ0v) is 23.0. The zero-order valence-electron chi connectivity index (χ0n) is 22.2. The van der Waals surface area contributed by atoms with Gasteiger partial charge in [0.15, 0.2) is 6.73 Å². The lowest BCUT2D eigenvalue weighted by Gasteiger charge is -2.33. The van der Waals surface area contributed by atoms with Crippen LogP contribution in [0.25, 0.3) is 32.9 Å². The number of carboxylic acid groups (broad SMARTS) is 1. The number of phenols is 1. The highest BCUT2D eigenvalue weighted by atomic mass is 32.1. The number of thiophene rings is 1. The van der Waals surface area contributed by atoms with E-state index in [1.54, 1.807) is 17.0 Å². The van der Waals surface area contributed by atoms with Crippen molar-refractivity contribution in [3.8, 4) is 33.3 Å². The van der Waals surface area contributed by atoms with Gasteiger partial charge in [0.2, 0.25) is 5.91 Å². The second-order valence-corrected chi connectivity index (χ2v) is 11.9. The second kappa shape index (κ2) is 9.72. The molecule has 2 aromatic heterocycles. The van der Waals surface area contributed by atoms with Crippen molar-refractivity contribution in [2.45, 2.75) is 59.2 Å². The summed E-state index contributed by atoms with van der Waals surface area (Å²) in [6, 6.07) is 12.7. The number of rotatable bonds is 5. The lowest BCUT2D eigenvalue weighted by atomic mass is 9.82. The van der Waals surface area contributed by atoms with E-state index in [0.717, 1.165) is 47.2 Å². The molecule has 0 spiro atoms. The molecule has 0 radical (unpaired) electrons. The van der Waals surface area contributed by atoms with Crippen molar-refractivity contribution >= 4 is 39.9 Å². The molecule has 1 aliphatic heterocycles. The van der Waals surface area contributed by atoms with Crippen molar-refractivity contribution in [1.82, 2.24) is 9.55 Å². The Bertz CT molecular complexity index is 1600. The molecule has 1 fully saturated rings. The molecule has 0 bridgehead atoms. The first-order valence-electron chi connectivity index (χ1n) is 13.4. The fourth-order valence-electron chi connectivity index (χ4n) is 5.79. The lowest BCUT2D eigenvalue weighted by Crippen LogP contribution is -2.42. The molecule has 1 saturated carbocycles. The summed E-state index contributed by atoms with van der Waals surface area (Å²) in [6.07, 6.45) is 3.72. The van der Waals surface area contributed by atoms with Crippen LogP contribution in [0.3, 0.4) is 0 Å². The predicted octanol–water partition coefficient (Wildman–Crippen LogP) is 6.75. The quantitative estimate of drug-likeness (QED) is 0.287. The number of nitrogens with zero attached hydrogens (tertiary/aromatic N) is 3. The third kappa shape index (κ3) is 4.34. The number of aromatic hydroxyl groups is 1. The van der Waals surface area contributed by atoms with Gasteiger partial charge in [-0.05, 0) is 81.3 Å². The van der Waals surface area contributed by atoms with E-state index < -0.39 is 5.97 Å².